The number of benzene rings is 1. The smallest absolute Gasteiger partial charge is 0.00818 e. The summed E-state index contributed by atoms with van der Waals surface area (Å²) in [5.74, 6) is 1.76. The summed E-state index contributed by atoms with van der Waals surface area (Å²) in [5.41, 5.74) is 2.91. The van der Waals surface area contributed by atoms with E-state index in [-0.39, 0.29) is 0 Å². The molecule has 0 amide bonds. The molecule has 1 aliphatic carbocycles. The lowest BCUT2D eigenvalue weighted by Gasteiger charge is -2.34. The van der Waals surface area contributed by atoms with Gasteiger partial charge in [-0.2, -0.15) is 0 Å². The molecular weight excluding hydrogens is 242 g/mol. The normalized spacial score (nSPS) is 24.9. The second-order valence-electron chi connectivity index (χ2n) is 7.07. The van der Waals surface area contributed by atoms with E-state index < -0.39 is 0 Å². The van der Waals surface area contributed by atoms with Crippen molar-refractivity contribution in [3.63, 3.8) is 0 Å². The Hall–Kier alpha value is -0.820. The van der Waals surface area contributed by atoms with Crippen LogP contribution in [0.25, 0.3) is 0 Å². The number of rotatable bonds is 5. The monoisotopic (exact) mass is 273 g/mol. The molecule has 20 heavy (non-hydrogen) atoms. The summed E-state index contributed by atoms with van der Waals surface area (Å²) in [6.07, 6.45) is 6.71. The van der Waals surface area contributed by atoms with Gasteiger partial charge in [-0.3, -0.25) is 0 Å². The predicted octanol–water partition coefficient (Wildman–Crippen LogP) is 4.73. The lowest BCUT2D eigenvalue weighted by Crippen LogP contribution is -2.41. The van der Waals surface area contributed by atoms with Crippen LogP contribution in [0.4, 0.5) is 0 Å². The second-order valence-corrected chi connectivity index (χ2v) is 7.07. The highest BCUT2D eigenvalue weighted by Crippen LogP contribution is 2.30. The standard InChI is InChI=1S/C19H31N/c1-14(2)17-10-7-11-19(13-17)20-16(4)12-18-9-6-5-8-15(18)3/h5-6,8-9,14,16-17,19-20H,7,10-13H2,1-4H3. The minimum absolute atomic E-state index is 0.576. The predicted molar refractivity (Wildman–Crippen MR) is 88.1 cm³/mol. The molecule has 1 heteroatoms. The highest BCUT2D eigenvalue weighted by Gasteiger charge is 2.24. The van der Waals surface area contributed by atoms with Crippen LogP contribution in [0.1, 0.15) is 57.6 Å². The molecule has 1 aromatic carbocycles. The van der Waals surface area contributed by atoms with Gasteiger partial charge in [-0.15, -0.1) is 0 Å². The summed E-state index contributed by atoms with van der Waals surface area (Å²) in [5, 5.41) is 3.88. The number of hydrogen-bond donors (Lipinski definition) is 1. The fraction of sp³-hybridized carbons (Fsp3) is 0.684. The third-order valence-electron chi connectivity index (χ3n) is 4.97. The summed E-state index contributed by atoms with van der Waals surface area (Å²) >= 11 is 0. The summed E-state index contributed by atoms with van der Waals surface area (Å²) in [6, 6.07) is 10.1. The SMILES string of the molecule is Cc1ccccc1CC(C)NC1CCCC(C(C)C)C1. The van der Waals surface area contributed by atoms with E-state index in [1.807, 2.05) is 0 Å². The Morgan fingerprint density at radius 3 is 2.60 bits per heavy atom. The van der Waals surface area contributed by atoms with Gasteiger partial charge in [-0.25, -0.2) is 0 Å². The molecule has 1 fully saturated rings. The summed E-state index contributed by atoms with van der Waals surface area (Å²) < 4.78 is 0. The molecule has 0 radical (unpaired) electrons. The van der Waals surface area contributed by atoms with Crippen molar-refractivity contribution in [1.82, 2.24) is 5.32 Å². The first-order valence-corrected chi connectivity index (χ1v) is 8.36. The zero-order chi connectivity index (χ0) is 14.5. The molecule has 0 bridgehead atoms. The molecule has 0 saturated heterocycles. The van der Waals surface area contributed by atoms with Crippen molar-refractivity contribution in [1.29, 1.82) is 0 Å². The van der Waals surface area contributed by atoms with Gasteiger partial charge in [0.05, 0.1) is 0 Å². The zero-order valence-corrected chi connectivity index (χ0v) is 13.7. The molecule has 0 spiro atoms. The van der Waals surface area contributed by atoms with Gasteiger partial charge in [0.25, 0.3) is 0 Å². The van der Waals surface area contributed by atoms with Crippen LogP contribution in [0.2, 0.25) is 0 Å². The van der Waals surface area contributed by atoms with Crippen molar-refractivity contribution in [3.05, 3.63) is 35.4 Å². The number of hydrogen-bond acceptors (Lipinski definition) is 1. The van der Waals surface area contributed by atoms with Crippen LogP contribution < -0.4 is 5.32 Å². The van der Waals surface area contributed by atoms with Gasteiger partial charge in [-0.05, 0) is 56.1 Å². The van der Waals surface area contributed by atoms with Gasteiger partial charge in [0.2, 0.25) is 0 Å². The van der Waals surface area contributed by atoms with Gasteiger partial charge in [-0.1, -0.05) is 51.0 Å². The Balaban J connectivity index is 1.85. The van der Waals surface area contributed by atoms with Crippen molar-refractivity contribution in [2.75, 3.05) is 0 Å². The van der Waals surface area contributed by atoms with Crippen LogP contribution in [-0.4, -0.2) is 12.1 Å². The molecule has 3 unspecified atom stereocenters. The summed E-state index contributed by atoms with van der Waals surface area (Å²) in [7, 11) is 0. The van der Waals surface area contributed by atoms with Crippen molar-refractivity contribution >= 4 is 0 Å². The molecule has 1 aliphatic rings. The average molecular weight is 273 g/mol. The Bertz CT molecular complexity index is 410. The Labute approximate surface area is 125 Å². The Morgan fingerprint density at radius 1 is 1.15 bits per heavy atom. The Kier molecular flexibility index (Phi) is 5.65. The molecule has 1 nitrogen and oxygen atoms in total. The van der Waals surface area contributed by atoms with Crippen LogP contribution in [-0.2, 0) is 6.42 Å². The first-order valence-electron chi connectivity index (χ1n) is 8.36. The maximum Gasteiger partial charge on any atom is 0.00818 e. The molecule has 112 valence electrons. The van der Waals surface area contributed by atoms with E-state index in [4.69, 9.17) is 0 Å². The minimum atomic E-state index is 0.576. The molecular formula is C19H31N. The van der Waals surface area contributed by atoms with E-state index in [1.165, 1.54) is 36.8 Å². The van der Waals surface area contributed by atoms with E-state index in [0.717, 1.165) is 24.3 Å². The summed E-state index contributed by atoms with van der Waals surface area (Å²) in [6.45, 7) is 9.32. The first-order chi connectivity index (χ1) is 9.56. The van der Waals surface area contributed by atoms with Gasteiger partial charge >= 0.3 is 0 Å². The highest BCUT2D eigenvalue weighted by molar-refractivity contribution is 5.26. The molecule has 0 heterocycles. The fourth-order valence-electron chi connectivity index (χ4n) is 3.61. The molecule has 0 aliphatic heterocycles. The molecule has 0 aromatic heterocycles. The Morgan fingerprint density at radius 2 is 1.90 bits per heavy atom. The van der Waals surface area contributed by atoms with Crippen molar-refractivity contribution in [2.24, 2.45) is 11.8 Å². The van der Waals surface area contributed by atoms with Gasteiger partial charge < -0.3 is 5.32 Å². The molecule has 1 N–H and O–H groups in total. The molecule has 2 rings (SSSR count). The van der Waals surface area contributed by atoms with Crippen molar-refractivity contribution in [2.45, 2.75) is 71.9 Å². The largest absolute Gasteiger partial charge is 0.311 e. The van der Waals surface area contributed by atoms with E-state index in [0.29, 0.717) is 6.04 Å². The van der Waals surface area contributed by atoms with E-state index in [9.17, 15) is 0 Å². The third-order valence-corrected chi connectivity index (χ3v) is 4.97. The first kappa shape index (κ1) is 15.6. The number of aryl methyl sites for hydroxylation is 1. The maximum absolute atomic E-state index is 3.88. The van der Waals surface area contributed by atoms with Crippen LogP contribution in [0.15, 0.2) is 24.3 Å². The van der Waals surface area contributed by atoms with Gasteiger partial charge in [0.15, 0.2) is 0 Å². The van der Waals surface area contributed by atoms with Crippen LogP contribution in [0.5, 0.6) is 0 Å². The topological polar surface area (TPSA) is 12.0 Å². The van der Waals surface area contributed by atoms with Crippen LogP contribution >= 0.6 is 0 Å². The molecule has 3 atom stereocenters. The van der Waals surface area contributed by atoms with E-state index >= 15 is 0 Å². The van der Waals surface area contributed by atoms with E-state index in [1.54, 1.807) is 0 Å². The van der Waals surface area contributed by atoms with Crippen molar-refractivity contribution in [3.8, 4) is 0 Å². The van der Waals surface area contributed by atoms with Crippen LogP contribution in [0.3, 0.4) is 0 Å². The third kappa shape index (κ3) is 4.34. The van der Waals surface area contributed by atoms with Gasteiger partial charge in [0.1, 0.15) is 0 Å². The minimum Gasteiger partial charge on any atom is -0.311 e. The average Bonchev–Trinajstić information content (AvgIpc) is 2.41. The highest BCUT2D eigenvalue weighted by atomic mass is 14.9. The number of nitrogens with one attached hydrogen (secondary N) is 1. The lowest BCUT2D eigenvalue weighted by atomic mass is 9.79. The molecule has 1 aromatic rings. The zero-order valence-electron chi connectivity index (χ0n) is 13.7. The van der Waals surface area contributed by atoms with Crippen molar-refractivity contribution < 1.29 is 0 Å². The second kappa shape index (κ2) is 7.26. The lowest BCUT2D eigenvalue weighted by molar-refractivity contribution is 0.222. The fourth-order valence-corrected chi connectivity index (χ4v) is 3.61. The van der Waals surface area contributed by atoms with E-state index in [2.05, 4.69) is 57.3 Å². The van der Waals surface area contributed by atoms with Gasteiger partial charge in [0, 0.05) is 12.1 Å². The van der Waals surface area contributed by atoms with Crippen LogP contribution in [0, 0.1) is 18.8 Å². The summed E-state index contributed by atoms with van der Waals surface area (Å²) in [4.78, 5) is 0. The maximum atomic E-state index is 3.88. The molecule has 1 saturated carbocycles. The quantitative estimate of drug-likeness (QED) is 0.817.